The minimum atomic E-state index is -1.03. The molecule has 3 heterocycles. The van der Waals surface area contributed by atoms with Gasteiger partial charge in [0.25, 0.3) is 0 Å². The van der Waals surface area contributed by atoms with Crippen molar-refractivity contribution in [1.29, 1.82) is 0 Å². The number of nitrogen functional groups attached to an aromatic ring is 1. The van der Waals surface area contributed by atoms with Gasteiger partial charge in [-0.05, 0) is 19.3 Å². The van der Waals surface area contributed by atoms with E-state index < -0.39 is 17.9 Å². The third-order valence-corrected chi connectivity index (χ3v) is 4.35. The molecule has 3 rings (SSSR count). The number of nitrogens with two attached hydrogens (primary N) is 1. The Bertz CT molecular complexity index is 862. The molecule has 8 nitrogen and oxygen atoms in total. The normalized spacial score (nSPS) is 22.4. The summed E-state index contributed by atoms with van der Waals surface area (Å²) in [6.07, 6.45) is 8.67. The van der Waals surface area contributed by atoms with E-state index in [0.29, 0.717) is 24.8 Å². The number of hydrogen-bond acceptors (Lipinski definition) is 7. The van der Waals surface area contributed by atoms with E-state index in [-0.39, 0.29) is 24.0 Å². The van der Waals surface area contributed by atoms with E-state index in [4.69, 9.17) is 21.6 Å². The zero-order valence-corrected chi connectivity index (χ0v) is 14.4. The molecule has 1 saturated heterocycles. The second-order valence-corrected chi connectivity index (χ2v) is 6.22. The molecule has 1 aliphatic rings. The SMILES string of the molecule is C#C[C@@]1(COC(=O)CCCC)CC[C@H](n2cnc3c(N)nc(F)nc32)O1. The average molecular weight is 361 g/mol. The lowest BCUT2D eigenvalue weighted by atomic mass is 10.0. The molecule has 0 aromatic carbocycles. The van der Waals surface area contributed by atoms with Gasteiger partial charge < -0.3 is 15.2 Å². The van der Waals surface area contributed by atoms with Gasteiger partial charge in [-0.2, -0.15) is 14.4 Å². The van der Waals surface area contributed by atoms with Crippen LogP contribution in [0.4, 0.5) is 10.2 Å². The number of anilines is 1. The Morgan fingerprint density at radius 2 is 2.42 bits per heavy atom. The van der Waals surface area contributed by atoms with E-state index in [2.05, 4.69) is 20.9 Å². The molecule has 0 radical (unpaired) electrons. The Labute approximate surface area is 149 Å². The summed E-state index contributed by atoms with van der Waals surface area (Å²) in [6, 6.07) is 0. The van der Waals surface area contributed by atoms with Gasteiger partial charge in [0.1, 0.15) is 12.8 Å². The van der Waals surface area contributed by atoms with Crippen LogP contribution in [0, 0.1) is 18.4 Å². The third-order valence-electron chi connectivity index (χ3n) is 4.35. The zero-order valence-electron chi connectivity index (χ0n) is 14.4. The van der Waals surface area contributed by atoms with Crippen molar-refractivity contribution in [2.45, 2.75) is 50.9 Å². The van der Waals surface area contributed by atoms with Crippen LogP contribution in [-0.4, -0.2) is 37.7 Å². The van der Waals surface area contributed by atoms with Gasteiger partial charge in [0, 0.05) is 6.42 Å². The topological polar surface area (TPSA) is 105 Å². The molecule has 0 spiro atoms. The first-order chi connectivity index (χ1) is 12.5. The Hall–Kier alpha value is -2.73. The van der Waals surface area contributed by atoms with Gasteiger partial charge in [0.15, 0.2) is 22.6 Å². The lowest BCUT2D eigenvalue weighted by molar-refractivity contribution is -0.152. The first kappa shape index (κ1) is 18.1. The minimum Gasteiger partial charge on any atom is -0.462 e. The fourth-order valence-electron chi connectivity index (χ4n) is 2.90. The summed E-state index contributed by atoms with van der Waals surface area (Å²) in [7, 11) is 0. The number of esters is 1. The summed E-state index contributed by atoms with van der Waals surface area (Å²) >= 11 is 0. The minimum absolute atomic E-state index is 0.0271. The van der Waals surface area contributed by atoms with Crippen molar-refractivity contribution in [2.75, 3.05) is 12.3 Å². The molecule has 1 fully saturated rings. The van der Waals surface area contributed by atoms with Gasteiger partial charge >= 0.3 is 12.0 Å². The summed E-state index contributed by atoms with van der Waals surface area (Å²) in [5, 5.41) is 0. The Morgan fingerprint density at radius 1 is 1.62 bits per heavy atom. The third kappa shape index (κ3) is 3.46. The fraction of sp³-hybridized carbons (Fsp3) is 0.529. The summed E-state index contributed by atoms with van der Waals surface area (Å²) in [5.74, 6) is 2.24. The van der Waals surface area contributed by atoms with Crippen molar-refractivity contribution >= 4 is 23.0 Å². The Kier molecular flexibility index (Phi) is 5.04. The summed E-state index contributed by atoms with van der Waals surface area (Å²) in [5.41, 5.74) is 5.16. The average Bonchev–Trinajstić information content (AvgIpc) is 3.23. The van der Waals surface area contributed by atoms with Crippen LogP contribution >= 0.6 is 0 Å². The number of fused-ring (bicyclic) bond motifs is 1. The highest BCUT2D eigenvalue weighted by Gasteiger charge is 2.41. The smallest absolute Gasteiger partial charge is 0.312 e. The molecule has 2 aromatic rings. The number of halogens is 1. The number of ether oxygens (including phenoxy) is 2. The highest BCUT2D eigenvalue weighted by Crippen LogP contribution is 2.38. The van der Waals surface area contributed by atoms with Crippen LogP contribution < -0.4 is 5.73 Å². The van der Waals surface area contributed by atoms with E-state index in [9.17, 15) is 9.18 Å². The maximum absolute atomic E-state index is 13.5. The molecule has 138 valence electrons. The van der Waals surface area contributed by atoms with E-state index in [0.717, 1.165) is 12.8 Å². The Morgan fingerprint density at radius 3 is 3.15 bits per heavy atom. The standard InChI is InChI=1S/C17H20FN5O3/c1-3-5-6-12(24)25-9-17(4-2)8-7-11(26-17)23-10-20-13-14(19)21-16(18)22-15(13)23/h2,10-11H,3,5-9H2,1H3,(H2,19,21,22)/t11-,17+/m1/s1. The van der Waals surface area contributed by atoms with Crippen LogP contribution in [0.1, 0.15) is 45.3 Å². The molecule has 0 amide bonds. The molecule has 0 saturated carbocycles. The van der Waals surface area contributed by atoms with Crippen molar-refractivity contribution in [3.05, 3.63) is 12.4 Å². The quantitative estimate of drug-likeness (QED) is 0.476. The summed E-state index contributed by atoms with van der Waals surface area (Å²) in [6.45, 7) is 1.97. The van der Waals surface area contributed by atoms with Gasteiger partial charge in [-0.25, -0.2) is 4.98 Å². The van der Waals surface area contributed by atoms with Crippen LogP contribution in [0.2, 0.25) is 0 Å². The number of unbranched alkanes of at least 4 members (excludes halogenated alkanes) is 1. The van der Waals surface area contributed by atoms with E-state index in [1.54, 1.807) is 4.57 Å². The van der Waals surface area contributed by atoms with Crippen LogP contribution in [0.15, 0.2) is 6.33 Å². The van der Waals surface area contributed by atoms with Crippen molar-refractivity contribution in [3.63, 3.8) is 0 Å². The van der Waals surface area contributed by atoms with Crippen LogP contribution in [0.5, 0.6) is 0 Å². The van der Waals surface area contributed by atoms with Crippen LogP contribution in [0.25, 0.3) is 11.2 Å². The van der Waals surface area contributed by atoms with Crippen molar-refractivity contribution in [1.82, 2.24) is 19.5 Å². The molecule has 26 heavy (non-hydrogen) atoms. The number of carbonyl (C=O) groups excluding carboxylic acids is 1. The monoisotopic (exact) mass is 361 g/mol. The number of nitrogens with zero attached hydrogens (tertiary/aromatic N) is 4. The lowest BCUT2D eigenvalue weighted by Gasteiger charge is -2.23. The summed E-state index contributed by atoms with van der Waals surface area (Å²) in [4.78, 5) is 23.1. The van der Waals surface area contributed by atoms with Gasteiger partial charge in [0.05, 0.1) is 6.33 Å². The van der Waals surface area contributed by atoms with Gasteiger partial charge in [-0.15, -0.1) is 6.42 Å². The number of terminal acetylenes is 1. The lowest BCUT2D eigenvalue weighted by Crippen LogP contribution is -2.34. The van der Waals surface area contributed by atoms with Crippen molar-refractivity contribution in [2.24, 2.45) is 0 Å². The van der Waals surface area contributed by atoms with Crippen molar-refractivity contribution in [3.8, 4) is 12.3 Å². The number of hydrogen-bond donors (Lipinski definition) is 1. The van der Waals surface area contributed by atoms with Gasteiger partial charge in [-0.3, -0.25) is 9.36 Å². The highest BCUT2D eigenvalue weighted by molar-refractivity contribution is 5.81. The molecule has 1 aliphatic heterocycles. The summed E-state index contributed by atoms with van der Waals surface area (Å²) < 4.78 is 26.3. The molecular formula is C17H20FN5O3. The van der Waals surface area contributed by atoms with Gasteiger partial charge in [-0.1, -0.05) is 19.3 Å². The molecular weight excluding hydrogens is 341 g/mol. The zero-order chi connectivity index (χ0) is 18.7. The van der Waals surface area contributed by atoms with Crippen LogP contribution in [-0.2, 0) is 14.3 Å². The molecule has 0 aliphatic carbocycles. The Balaban J connectivity index is 1.75. The second kappa shape index (κ2) is 7.25. The number of aromatic nitrogens is 4. The van der Waals surface area contributed by atoms with Gasteiger partial charge in [0.2, 0.25) is 0 Å². The van der Waals surface area contributed by atoms with E-state index in [1.165, 1.54) is 6.33 Å². The molecule has 0 bridgehead atoms. The fourth-order valence-corrected chi connectivity index (χ4v) is 2.90. The highest BCUT2D eigenvalue weighted by atomic mass is 19.1. The van der Waals surface area contributed by atoms with Crippen LogP contribution in [0.3, 0.4) is 0 Å². The number of rotatable bonds is 6. The first-order valence-corrected chi connectivity index (χ1v) is 8.45. The maximum Gasteiger partial charge on any atom is 0.312 e. The predicted octanol–water partition coefficient (Wildman–Crippen LogP) is 1.96. The largest absolute Gasteiger partial charge is 0.462 e. The molecule has 2 N–H and O–H groups in total. The van der Waals surface area contributed by atoms with E-state index >= 15 is 0 Å². The number of imidazole rings is 1. The predicted molar refractivity (Wildman–Crippen MR) is 91.1 cm³/mol. The number of carbonyl (C=O) groups is 1. The van der Waals surface area contributed by atoms with E-state index in [1.807, 2.05) is 6.92 Å². The van der Waals surface area contributed by atoms with Crippen molar-refractivity contribution < 1.29 is 18.7 Å². The molecule has 0 unspecified atom stereocenters. The first-order valence-electron chi connectivity index (χ1n) is 8.45. The second-order valence-electron chi connectivity index (χ2n) is 6.22. The molecule has 2 aromatic heterocycles. The molecule has 2 atom stereocenters. The molecule has 9 heteroatoms. The maximum atomic E-state index is 13.5.